The van der Waals surface area contributed by atoms with Gasteiger partial charge in [0.25, 0.3) is 0 Å². The van der Waals surface area contributed by atoms with Gasteiger partial charge in [-0.2, -0.15) is 0 Å². The van der Waals surface area contributed by atoms with Gasteiger partial charge in [0.15, 0.2) is 9.84 Å². The van der Waals surface area contributed by atoms with Crippen molar-refractivity contribution in [1.29, 1.82) is 0 Å². The van der Waals surface area contributed by atoms with Gasteiger partial charge in [0.05, 0.1) is 11.5 Å². The Morgan fingerprint density at radius 3 is 2.34 bits per heavy atom. The van der Waals surface area contributed by atoms with E-state index in [-0.39, 0.29) is 23.5 Å². The standard InChI is InChI=1S/C25H33N3O3S/c1-20-6-5-7-21(18-20)19-27-12-10-23(11-13-27)26-25(29)24(22-8-3-2-4-9-22)28-14-16-32(30,31)17-15-28/h2-9,18,23-24H,10-17,19H2,1H3,(H,26,29). The van der Waals surface area contributed by atoms with Crippen LogP contribution in [0.3, 0.4) is 0 Å². The number of sulfone groups is 1. The van der Waals surface area contributed by atoms with Crippen LogP contribution in [0.25, 0.3) is 0 Å². The zero-order chi connectivity index (χ0) is 22.6. The Kier molecular flexibility index (Phi) is 7.28. The molecule has 1 unspecified atom stereocenters. The molecule has 32 heavy (non-hydrogen) atoms. The van der Waals surface area contributed by atoms with Gasteiger partial charge in [-0.1, -0.05) is 60.2 Å². The van der Waals surface area contributed by atoms with E-state index in [1.54, 1.807) is 0 Å². The number of amides is 1. The second-order valence-corrected chi connectivity index (χ2v) is 11.4. The third-order valence-electron chi connectivity index (χ3n) is 6.53. The van der Waals surface area contributed by atoms with Crippen molar-refractivity contribution in [2.45, 2.75) is 38.4 Å². The van der Waals surface area contributed by atoms with Crippen molar-refractivity contribution in [3.8, 4) is 0 Å². The van der Waals surface area contributed by atoms with Crippen LogP contribution in [0.5, 0.6) is 0 Å². The number of rotatable bonds is 6. The normalized spacial score (nSPS) is 21.2. The summed E-state index contributed by atoms with van der Waals surface area (Å²) in [4.78, 5) is 17.8. The van der Waals surface area contributed by atoms with E-state index in [2.05, 4.69) is 41.4 Å². The summed E-state index contributed by atoms with van der Waals surface area (Å²) >= 11 is 0. The molecule has 0 saturated carbocycles. The molecule has 1 amide bonds. The van der Waals surface area contributed by atoms with Crippen molar-refractivity contribution in [2.24, 2.45) is 0 Å². The molecule has 2 aromatic carbocycles. The van der Waals surface area contributed by atoms with E-state index in [1.807, 2.05) is 35.2 Å². The van der Waals surface area contributed by atoms with Crippen molar-refractivity contribution in [3.05, 3.63) is 71.3 Å². The quantitative estimate of drug-likeness (QED) is 0.725. The molecular formula is C25H33N3O3S. The van der Waals surface area contributed by atoms with Crippen molar-refractivity contribution < 1.29 is 13.2 Å². The molecule has 172 valence electrons. The zero-order valence-electron chi connectivity index (χ0n) is 18.7. The first-order valence-electron chi connectivity index (χ1n) is 11.5. The van der Waals surface area contributed by atoms with Crippen molar-refractivity contribution in [3.63, 3.8) is 0 Å². The van der Waals surface area contributed by atoms with Gasteiger partial charge in [-0.05, 0) is 30.9 Å². The molecule has 6 nitrogen and oxygen atoms in total. The van der Waals surface area contributed by atoms with Crippen molar-refractivity contribution in [2.75, 3.05) is 37.7 Å². The zero-order valence-corrected chi connectivity index (χ0v) is 19.6. The summed E-state index contributed by atoms with van der Waals surface area (Å²) < 4.78 is 23.8. The minimum Gasteiger partial charge on any atom is -0.352 e. The highest BCUT2D eigenvalue weighted by Crippen LogP contribution is 2.24. The van der Waals surface area contributed by atoms with Crippen LogP contribution in [0.15, 0.2) is 54.6 Å². The number of benzene rings is 2. The summed E-state index contributed by atoms with van der Waals surface area (Å²) in [5, 5.41) is 3.27. The Hall–Kier alpha value is -2.22. The average Bonchev–Trinajstić information content (AvgIpc) is 2.77. The van der Waals surface area contributed by atoms with Crippen LogP contribution in [0.2, 0.25) is 0 Å². The van der Waals surface area contributed by atoms with E-state index in [4.69, 9.17) is 0 Å². The topological polar surface area (TPSA) is 69.7 Å². The van der Waals surface area contributed by atoms with Crippen LogP contribution in [-0.2, 0) is 21.2 Å². The predicted octanol–water partition coefficient (Wildman–Crippen LogP) is 2.55. The molecule has 2 heterocycles. The van der Waals surface area contributed by atoms with Gasteiger partial charge in [0.1, 0.15) is 6.04 Å². The van der Waals surface area contributed by atoms with Gasteiger partial charge >= 0.3 is 0 Å². The van der Waals surface area contributed by atoms with E-state index in [1.165, 1.54) is 11.1 Å². The first-order chi connectivity index (χ1) is 15.4. The minimum absolute atomic E-state index is 0.0207. The Morgan fingerprint density at radius 1 is 1.00 bits per heavy atom. The highest BCUT2D eigenvalue weighted by Gasteiger charge is 2.33. The molecular weight excluding hydrogens is 422 g/mol. The largest absolute Gasteiger partial charge is 0.352 e. The molecule has 0 spiro atoms. The molecule has 2 saturated heterocycles. The number of hydrogen-bond donors (Lipinski definition) is 1. The summed E-state index contributed by atoms with van der Waals surface area (Å²) in [6.07, 6.45) is 1.85. The van der Waals surface area contributed by atoms with E-state index in [9.17, 15) is 13.2 Å². The van der Waals surface area contributed by atoms with Crippen LogP contribution >= 0.6 is 0 Å². The molecule has 0 aliphatic carbocycles. The lowest BCUT2D eigenvalue weighted by Gasteiger charge is -2.36. The number of carbonyl (C=O) groups excluding carboxylic acids is 1. The Balaban J connectivity index is 1.36. The molecule has 0 bridgehead atoms. The second-order valence-electron chi connectivity index (χ2n) is 9.05. The number of nitrogens with one attached hydrogen (secondary N) is 1. The minimum atomic E-state index is -3.00. The van der Waals surface area contributed by atoms with Crippen LogP contribution in [0, 0.1) is 6.92 Å². The molecule has 2 aliphatic rings. The summed E-state index contributed by atoms with van der Waals surface area (Å²) in [5.74, 6) is 0.203. The van der Waals surface area contributed by atoms with E-state index in [0.29, 0.717) is 13.1 Å². The maximum atomic E-state index is 13.4. The molecule has 1 atom stereocenters. The highest BCUT2D eigenvalue weighted by atomic mass is 32.2. The first kappa shape index (κ1) is 23.0. The van der Waals surface area contributed by atoms with Gasteiger partial charge in [-0.15, -0.1) is 0 Å². The number of hydrogen-bond acceptors (Lipinski definition) is 5. The molecule has 2 fully saturated rings. The first-order valence-corrected chi connectivity index (χ1v) is 13.3. The SMILES string of the molecule is Cc1cccc(CN2CCC(NC(=O)C(c3ccccc3)N3CCS(=O)(=O)CC3)CC2)c1. The Morgan fingerprint density at radius 2 is 1.69 bits per heavy atom. The lowest BCUT2D eigenvalue weighted by molar-refractivity contribution is -0.127. The van der Waals surface area contributed by atoms with Crippen molar-refractivity contribution in [1.82, 2.24) is 15.1 Å². The number of nitrogens with zero attached hydrogens (tertiary/aromatic N) is 2. The smallest absolute Gasteiger partial charge is 0.242 e. The van der Waals surface area contributed by atoms with Crippen molar-refractivity contribution >= 4 is 15.7 Å². The van der Waals surface area contributed by atoms with Crippen LogP contribution in [0.1, 0.15) is 35.6 Å². The van der Waals surface area contributed by atoms with Gasteiger partial charge in [0, 0.05) is 38.8 Å². The number of carbonyl (C=O) groups is 1. The molecule has 7 heteroatoms. The molecule has 0 radical (unpaired) electrons. The Labute approximate surface area is 191 Å². The van der Waals surface area contributed by atoms with E-state index in [0.717, 1.165) is 38.0 Å². The third-order valence-corrected chi connectivity index (χ3v) is 8.14. The van der Waals surface area contributed by atoms with Gasteiger partial charge in [-0.25, -0.2) is 8.42 Å². The van der Waals surface area contributed by atoms with Crippen LogP contribution < -0.4 is 5.32 Å². The third kappa shape index (κ3) is 5.97. The lowest BCUT2D eigenvalue weighted by atomic mass is 10.0. The van der Waals surface area contributed by atoms with E-state index < -0.39 is 15.9 Å². The molecule has 1 N–H and O–H groups in total. The summed E-state index contributed by atoms with van der Waals surface area (Å²) in [5.41, 5.74) is 3.53. The highest BCUT2D eigenvalue weighted by molar-refractivity contribution is 7.91. The monoisotopic (exact) mass is 455 g/mol. The summed E-state index contributed by atoms with van der Waals surface area (Å²) in [7, 11) is -3.00. The van der Waals surface area contributed by atoms with Gasteiger partial charge in [-0.3, -0.25) is 14.6 Å². The summed E-state index contributed by atoms with van der Waals surface area (Å²) in [6, 6.07) is 18.0. The van der Waals surface area contributed by atoms with Crippen LogP contribution in [-0.4, -0.2) is 67.9 Å². The predicted molar refractivity (Wildman–Crippen MR) is 127 cm³/mol. The molecule has 0 aromatic heterocycles. The number of aryl methyl sites for hydroxylation is 1. The fraction of sp³-hybridized carbons (Fsp3) is 0.480. The molecule has 2 aromatic rings. The lowest BCUT2D eigenvalue weighted by Crippen LogP contribution is -2.51. The van der Waals surface area contributed by atoms with E-state index >= 15 is 0 Å². The maximum absolute atomic E-state index is 13.4. The Bertz CT molecular complexity index is 1000. The van der Waals surface area contributed by atoms with Gasteiger partial charge < -0.3 is 5.32 Å². The fourth-order valence-corrected chi connectivity index (χ4v) is 5.96. The number of likely N-dealkylation sites (tertiary alicyclic amines) is 1. The average molecular weight is 456 g/mol. The molecule has 2 aliphatic heterocycles. The fourth-order valence-electron chi connectivity index (χ4n) is 4.73. The summed E-state index contributed by atoms with van der Waals surface area (Å²) in [6.45, 7) is 5.76. The van der Waals surface area contributed by atoms with Crippen LogP contribution in [0.4, 0.5) is 0 Å². The number of piperidine rings is 1. The maximum Gasteiger partial charge on any atom is 0.242 e. The van der Waals surface area contributed by atoms with Gasteiger partial charge in [0.2, 0.25) is 5.91 Å². The molecule has 4 rings (SSSR count). The second kappa shape index (κ2) is 10.1.